The second-order valence-corrected chi connectivity index (χ2v) is 7.60. The van der Waals surface area contributed by atoms with Crippen LogP contribution in [0.25, 0.3) is 11.0 Å². The number of nitrogens with one attached hydrogen (secondary N) is 1. The van der Waals surface area contributed by atoms with Crippen molar-refractivity contribution in [3.05, 3.63) is 63.3 Å². The van der Waals surface area contributed by atoms with Crippen molar-refractivity contribution in [2.45, 2.75) is 31.8 Å². The molecule has 0 radical (unpaired) electrons. The first-order valence-electron chi connectivity index (χ1n) is 9.45. The van der Waals surface area contributed by atoms with Crippen LogP contribution in [0, 0.1) is 5.82 Å². The number of amides is 1. The van der Waals surface area contributed by atoms with Gasteiger partial charge in [0, 0.05) is 25.2 Å². The first-order valence-corrected chi connectivity index (χ1v) is 9.45. The zero-order valence-corrected chi connectivity index (χ0v) is 16.7. The van der Waals surface area contributed by atoms with Gasteiger partial charge in [-0.15, -0.1) is 0 Å². The highest BCUT2D eigenvalue weighted by Gasteiger charge is 2.42. The summed E-state index contributed by atoms with van der Waals surface area (Å²) < 4.78 is 20.3. The Hall–Kier alpha value is -3.50. The number of hydrogen-bond acceptors (Lipinski definition) is 7. The Morgan fingerprint density at radius 1 is 1.35 bits per heavy atom. The molecule has 0 saturated heterocycles. The van der Waals surface area contributed by atoms with Crippen molar-refractivity contribution < 1.29 is 29.2 Å². The van der Waals surface area contributed by atoms with Gasteiger partial charge in [-0.05, 0) is 24.6 Å². The molecular weight excluding hydrogens is 409 g/mol. The Labute approximate surface area is 175 Å². The fourth-order valence-corrected chi connectivity index (χ4v) is 3.66. The highest BCUT2D eigenvalue weighted by atomic mass is 19.1. The number of benzene rings is 1. The minimum atomic E-state index is -1.95. The summed E-state index contributed by atoms with van der Waals surface area (Å²) in [6, 6.07) is 5.76. The Kier molecular flexibility index (Phi) is 4.91. The lowest BCUT2D eigenvalue weighted by Gasteiger charge is -2.38. The third kappa shape index (κ3) is 3.29. The molecule has 0 saturated carbocycles. The maximum absolute atomic E-state index is 13.3. The molecule has 162 valence electrons. The van der Waals surface area contributed by atoms with Gasteiger partial charge in [-0.1, -0.05) is 12.1 Å². The van der Waals surface area contributed by atoms with Gasteiger partial charge >= 0.3 is 0 Å². The van der Waals surface area contributed by atoms with E-state index in [2.05, 4.69) is 10.3 Å². The van der Waals surface area contributed by atoms with Gasteiger partial charge < -0.3 is 25.4 Å². The van der Waals surface area contributed by atoms with E-state index < -0.39 is 40.5 Å². The van der Waals surface area contributed by atoms with Gasteiger partial charge in [0.15, 0.2) is 23.4 Å². The number of aliphatic hydroxyl groups excluding tert-OH is 1. The molecule has 1 aromatic carbocycles. The monoisotopic (exact) mass is 429 g/mol. The summed E-state index contributed by atoms with van der Waals surface area (Å²) in [5, 5.41) is 32.8. The number of nitrogens with zero attached hydrogens (tertiary/aromatic N) is 2. The van der Waals surface area contributed by atoms with Gasteiger partial charge in [-0.2, -0.15) is 0 Å². The Morgan fingerprint density at radius 2 is 2.03 bits per heavy atom. The third-order valence-corrected chi connectivity index (χ3v) is 5.39. The second-order valence-electron chi connectivity index (χ2n) is 7.60. The molecule has 0 bridgehead atoms. The van der Waals surface area contributed by atoms with Crippen molar-refractivity contribution in [3.63, 3.8) is 0 Å². The van der Waals surface area contributed by atoms with Crippen LogP contribution in [-0.4, -0.2) is 49.7 Å². The van der Waals surface area contributed by atoms with E-state index >= 15 is 0 Å². The average molecular weight is 429 g/mol. The molecule has 1 amide bonds. The Morgan fingerprint density at radius 3 is 2.65 bits per heavy atom. The van der Waals surface area contributed by atoms with Crippen LogP contribution in [0.15, 0.2) is 35.3 Å². The van der Waals surface area contributed by atoms with Crippen molar-refractivity contribution in [1.82, 2.24) is 14.9 Å². The summed E-state index contributed by atoms with van der Waals surface area (Å²) in [5.74, 6) is -1.67. The largest absolute Gasteiger partial charge is 0.505 e. The van der Waals surface area contributed by atoms with Crippen molar-refractivity contribution >= 4 is 16.9 Å². The minimum absolute atomic E-state index is 0.0365. The van der Waals surface area contributed by atoms with Gasteiger partial charge in [0.25, 0.3) is 11.5 Å². The molecule has 4 N–H and O–H groups in total. The Balaban J connectivity index is 2.01. The Bertz CT molecular complexity index is 1250. The predicted molar refractivity (Wildman–Crippen MR) is 108 cm³/mol. The highest BCUT2D eigenvalue weighted by Crippen LogP contribution is 2.40. The van der Waals surface area contributed by atoms with E-state index in [1.807, 2.05) is 0 Å². The molecule has 1 atom stereocenters. The molecule has 31 heavy (non-hydrogen) atoms. The van der Waals surface area contributed by atoms with Crippen LogP contribution in [0.3, 0.4) is 0 Å². The van der Waals surface area contributed by atoms with E-state index in [0.29, 0.717) is 5.56 Å². The number of aromatic nitrogens is 2. The van der Waals surface area contributed by atoms with Gasteiger partial charge in [-0.3, -0.25) is 19.1 Å². The number of aliphatic hydroxyl groups is 2. The first-order chi connectivity index (χ1) is 14.7. The zero-order chi connectivity index (χ0) is 22.5. The molecule has 3 aromatic rings. The number of rotatable bonds is 4. The van der Waals surface area contributed by atoms with Gasteiger partial charge in [0.05, 0.1) is 6.54 Å². The summed E-state index contributed by atoms with van der Waals surface area (Å²) in [6.45, 7) is 1.12. The summed E-state index contributed by atoms with van der Waals surface area (Å²) in [4.78, 5) is 29.6. The van der Waals surface area contributed by atoms with Crippen LogP contribution in [-0.2, 0) is 13.0 Å². The molecule has 0 aliphatic carbocycles. The smallest absolute Gasteiger partial charge is 0.268 e. The first kappa shape index (κ1) is 20.8. The molecule has 0 unspecified atom stereocenters. The molecule has 9 nitrogen and oxygen atoms in total. The molecular formula is C21H20FN3O6. The molecule has 3 heterocycles. The van der Waals surface area contributed by atoms with E-state index in [4.69, 9.17) is 4.74 Å². The fraction of sp³-hybridized carbons (Fsp3) is 0.286. The van der Waals surface area contributed by atoms with E-state index in [0.717, 1.165) is 10.1 Å². The van der Waals surface area contributed by atoms with Crippen LogP contribution in [0.5, 0.6) is 11.5 Å². The van der Waals surface area contributed by atoms with E-state index in [-0.39, 0.29) is 29.7 Å². The number of carbonyl (C=O) groups excluding carboxylic acids is 1. The lowest BCUT2D eigenvalue weighted by molar-refractivity contribution is -0.171. The minimum Gasteiger partial charge on any atom is -0.505 e. The lowest BCUT2D eigenvalue weighted by atomic mass is 9.99. The normalized spacial score (nSPS) is 17.6. The quantitative estimate of drug-likeness (QED) is 0.448. The van der Waals surface area contributed by atoms with Crippen molar-refractivity contribution in [2.24, 2.45) is 0 Å². The van der Waals surface area contributed by atoms with Crippen LogP contribution in [0.2, 0.25) is 0 Å². The molecule has 10 heteroatoms. The van der Waals surface area contributed by atoms with E-state index in [1.54, 1.807) is 12.1 Å². The standard InChI is InChI=1S/C21H20FN3O6/c1-21(20(29)30)9-25-15-14(16(26)13(19(25)28)18(27)23-2)24-8-11(17(15)31-21)7-10-3-5-12(22)6-4-10/h3-6,8,20,26,29-30H,7,9H2,1-2H3,(H,23,27)/t21-/m1/s1. The maximum atomic E-state index is 13.3. The van der Waals surface area contributed by atoms with Crippen LogP contribution in [0.4, 0.5) is 4.39 Å². The molecule has 1 aliphatic heterocycles. The SMILES string of the molecule is CNC(=O)c1c(O)c2ncc(Cc3ccc(F)cc3)c3c2n(c1=O)C[C@](C)(C(O)O)O3. The number of carbonyl (C=O) groups is 1. The van der Waals surface area contributed by atoms with Gasteiger partial charge in [0.1, 0.15) is 22.4 Å². The van der Waals surface area contributed by atoms with Crippen LogP contribution in [0.1, 0.15) is 28.4 Å². The van der Waals surface area contributed by atoms with Crippen LogP contribution >= 0.6 is 0 Å². The molecule has 0 spiro atoms. The summed E-state index contributed by atoms with van der Waals surface area (Å²) >= 11 is 0. The molecule has 2 aromatic heterocycles. The fourth-order valence-electron chi connectivity index (χ4n) is 3.66. The third-order valence-electron chi connectivity index (χ3n) is 5.39. The number of pyridine rings is 2. The second kappa shape index (κ2) is 7.33. The summed E-state index contributed by atoms with van der Waals surface area (Å²) in [7, 11) is 1.32. The topological polar surface area (TPSA) is 134 Å². The average Bonchev–Trinajstić information content (AvgIpc) is 2.74. The number of halogens is 1. The van der Waals surface area contributed by atoms with E-state index in [1.165, 1.54) is 32.3 Å². The number of hydrogen-bond donors (Lipinski definition) is 4. The lowest BCUT2D eigenvalue weighted by Crippen LogP contribution is -2.53. The van der Waals surface area contributed by atoms with Crippen molar-refractivity contribution in [3.8, 4) is 11.5 Å². The van der Waals surface area contributed by atoms with Gasteiger partial charge in [-0.25, -0.2) is 4.39 Å². The number of ether oxygens (including phenoxy) is 1. The van der Waals surface area contributed by atoms with Gasteiger partial charge in [0.2, 0.25) is 0 Å². The molecule has 1 aliphatic rings. The predicted octanol–water partition coefficient (Wildman–Crippen LogP) is 0.653. The van der Waals surface area contributed by atoms with Crippen LogP contribution < -0.4 is 15.6 Å². The molecule has 0 fully saturated rings. The summed E-state index contributed by atoms with van der Waals surface area (Å²) in [5.41, 5.74) is -1.64. The summed E-state index contributed by atoms with van der Waals surface area (Å²) in [6.07, 6.45) is -0.312. The maximum Gasteiger partial charge on any atom is 0.268 e. The zero-order valence-electron chi connectivity index (χ0n) is 16.7. The molecule has 4 rings (SSSR count). The van der Waals surface area contributed by atoms with Crippen molar-refractivity contribution in [2.75, 3.05) is 7.05 Å². The van der Waals surface area contributed by atoms with Crippen molar-refractivity contribution in [1.29, 1.82) is 0 Å². The van der Waals surface area contributed by atoms with E-state index in [9.17, 15) is 29.3 Å². The number of aromatic hydroxyl groups is 1. The highest BCUT2D eigenvalue weighted by molar-refractivity contribution is 6.02.